The molecule has 3 saturated carbocycles. The third-order valence-electron chi connectivity index (χ3n) is 10.2. The van der Waals surface area contributed by atoms with Crippen LogP contribution in [0.15, 0.2) is 48.5 Å². The van der Waals surface area contributed by atoms with Gasteiger partial charge in [-0.3, -0.25) is 19.4 Å². The Labute approximate surface area is 257 Å². The molecule has 5 fully saturated rings. The summed E-state index contributed by atoms with van der Waals surface area (Å²) in [6, 6.07) is 17.0. The molecule has 43 heavy (non-hydrogen) atoms. The zero-order valence-corrected chi connectivity index (χ0v) is 25.8. The van der Waals surface area contributed by atoms with Crippen LogP contribution in [0.25, 0.3) is 0 Å². The second-order valence-electron chi connectivity index (χ2n) is 13.1. The molecule has 2 amide bonds. The van der Waals surface area contributed by atoms with Gasteiger partial charge in [-0.05, 0) is 112 Å². The van der Waals surface area contributed by atoms with E-state index in [4.69, 9.17) is 4.74 Å². The van der Waals surface area contributed by atoms with Crippen LogP contribution in [-0.4, -0.2) is 92.0 Å². The predicted molar refractivity (Wildman–Crippen MR) is 169 cm³/mol. The van der Waals surface area contributed by atoms with E-state index < -0.39 is 0 Å². The van der Waals surface area contributed by atoms with E-state index in [2.05, 4.69) is 61.7 Å². The lowest BCUT2D eigenvalue weighted by Crippen LogP contribution is -2.51. The molecule has 2 aliphatic heterocycles. The quantitative estimate of drug-likeness (QED) is 0.369. The second kappa shape index (κ2) is 14.2. The van der Waals surface area contributed by atoms with Crippen molar-refractivity contribution < 1.29 is 14.3 Å². The van der Waals surface area contributed by atoms with Gasteiger partial charge in [0.1, 0.15) is 5.75 Å². The lowest BCUT2D eigenvalue weighted by molar-refractivity contribution is -0.139. The Kier molecular flexibility index (Phi) is 9.96. The highest BCUT2D eigenvalue weighted by Crippen LogP contribution is 2.48. The average molecular weight is 588 g/mol. The molecule has 2 heterocycles. The van der Waals surface area contributed by atoms with Gasteiger partial charge in [-0.25, -0.2) is 0 Å². The van der Waals surface area contributed by atoms with Crippen molar-refractivity contribution in [3.63, 3.8) is 0 Å². The van der Waals surface area contributed by atoms with Crippen molar-refractivity contribution >= 4 is 11.8 Å². The molecule has 2 N–H and O–H groups in total. The summed E-state index contributed by atoms with van der Waals surface area (Å²) in [5, 5.41) is 6.41. The van der Waals surface area contributed by atoms with E-state index in [1.807, 2.05) is 19.2 Å². The van der Waals surface area contributed by atoms with Crippen LogP contribution in [0.5, 0.6) is 5.75 Å². The first-order valence-corrected chi connectivity index (χ1v) is 16.6. The van der Waals surface area contributed by atoms with Crippen molar-refractivity contribution in [2.45, 2.75) is 57.7 Å². The zero-order valence-electron chi connectivity index (χ0n) is 25.8. The molecule has 8 nitrogen and oxygen atoms in total. The molecular formula is C35H49N5O3. The van der Waals surface area contributed by atoms with Gasteiger partial charge in [0.2, 0.25) is 5.91 Å². The van der Waals surface area contributed by atoms with Gasteiger partial charge in [0.15, 0.2) is 0 Å². The number of ether oxygens (including phenoxy) is 1. The first-order chi connectivity index (χ1) is 21.1. The number of rotatable bonds is 12. The van der Waals surface area contributed by atoms with Crippen LogP contribution in [-0.2, 0) is 17.9 Å². The summed E-state index contributed by atoms with van der Waals surface area (Å²) in [4.78, 5) is 33.0. The summed E-state index contributed by atoms with van der Waals surface area (Å²) < 4.78 is 5.81. The molecule has 5 aliphatic rings. The summed E-state index contributed by atoms with van der Waals surface area (Å²) >= 11 is 0. The van der Waals surface area contributed by atoms with Crippen molar-refractivity contribution in [2.24, 2.45) is 17.8 Å². The molecule has 8 heteroatoms. The standard InChI is InChI=1S/C35H49N5O3/c1-36-15-2-22-43-32-11-5-27(6-12-32)24-38-16-13-29(14-17-38)35(42)40-20-18-39(19-21-40)25-26-3-7-28(8-4-26)34(41)37-33-30-9-10-31(33)23-30/h3-8,11-12,29-31,33,36H,2,9-10,13-25H2,1H3,(H,37,41). The van der Waals surface area contributed by atoms with Crippen molar-refractivity contribution in [1.29, 1.82) is 0 Å². The third-order valence-corrected chi connectivity index (χ3v) is 10.2. The minimum Gasteiger partial charge on any atom is -0.494 e. The first-order valence-electron chi connectivity index (χ1n) is 16.6. The molecule has 0 radical (unpaired) electrons. The number of hydrogen-bond donors (Lipinski definition) is 2. The number of nitrogens with one attached hydrogen (secondary N) is 2. The van der Waals surface area contributed by atoms with E-state index in [1.165, 1.54) is 30.4 Å². The van der Waals surface area contributed by atoms with Crippen molar-refractivity contribution in [3.8, 4) is 5.75 Å². The maximum Gasteiger partial charge on any atom is 0.251 e. The second-order valence-corrected chi connectivity index (χ2v) is 13.1. The lowest BCUT2D eigenvalue weighted by Gasteiger charge is -2.38. The summed E-state index contributed by atoms with van der Waals surface area (Å²) in [7, 11) is 1.96. The van der Waals surface area contributed by atoms with E-state index in [-0.39, 0.29) is 11.8 Å². The van der Waals surface area contributed by atoms with Crippen molar-refractivity contribution in [2.75, 3.05) is 59.5 Å². The summed E-state index contributed by atoms with van der Waals surface area (Å²) in [5.41, 5.74) is 3.27. The molecule has 2 saturated heterocycles. The number of carbonyl (C=O) groups excluding carboxylic acids is 2. The molecule has 7 rings (SSSR count). The molecule has 232 valence electrons. The normalized spacial score (nSPS) is 24.5. The van der Waals surface area contributed by atoms with Gasteiger partial charge >= 0.3 is 0 Å². The molecule has 2 atom stereocenters. The summed E-state index contributed by atoms with van der Waals surface area (Å²) in [6.07, 6.45) is 6.72. The monoisotopic (exact) mass is 587 g/mol. The van der Waals surface area contributed by atoms with Gasteiger partial charge in [-0.2, -0.15) is 0 Å². The van der Waals surface area contributed by atoms with Crippen LogP contribution in [0.2, 0.25) is 0 Å². The van der Waals surface area contributed by atoms with Crippen LogP contribution < -0.4 is 15.4 Å². The summed E-state index contributed by atoms with van der Waals surface area (Å²) in [5.74, 6) is 2.90. The number of likely N-dealkylation sites (tertiary alicyclic amines) is 1. The van der Waals surface area contributed by atoms with Gasteiger partial charge in [0.25, 0.3) is 5.91 Å². The van der Waals surface area contributed by atoms with Gasteiger partial charge in [0.05, 0.1) is 6.61 Å². The van der Waals surface area contributed by atoms with E-state index in [1.54, 1.807) is 0 Å². The number of fused-ring (bicyclic) bond motifs is 1. The van der Waals surface area contributed by atoms with Crippen LogP contribution in [0.3, 0.4) is 0 Å². The molecule has 2 aromatic carbocycles. The SMILES string of the molecule is CNCCCOc1ccc(CN2CCC(C(=O)N3CCN(Cc4ccc(C(=O)NC5C6CCC5C6)cc4)CC3)CC2)cc1. The molecule has 2 unspecified atom stereocenters. The van der Waals surface area contributed by atoms with E-state index in [0.717, 1.165) is 96.1 Å². The zero-order chi connectivity index (χ0) is 29.6. The first kappa shape index (κ1) is 30.1. The Morgan fingerprint density at radius 3 is 2.00 bits per heavy atom. The fraction of sp³-hybridized carbons (Fsp3) is 0.600. The van der Waals surface area contributed by atoms with E-state index >= 15 is 0 Å². The smallest absolute Gasteiger partial charge is 0.251 e. The number of piperidine rings is 1. The molecule has 2 aromatic rings. The largest absolute Gasteiger partial charge is 0.494 e. The Morgan fingerprint density at radius 1 is 0.791 bits per heavy atom. The van der Waals surface area contributed by atoms with Gasteiger partial charge < -0.3 is 20.3 Å². The third kappa shape index (κ3) is 7.59. The molecule has 0 aromatic heterocycles. The maximum atomic E-state index is 13.3. The Balaban J connectivity index is 0.879. The van der Waals surface area contributed by atoms with E-state index in [9.17, 15) is 9.59 Å². The Morgan fingerprint density at radius 2 is 1.40 bits per heavy atom. The topological polar surface area (TPSA) is 77.2 Å². The predicted octanol–water partition coefficient (Wildman–Crippen LogP) is 3.76. The van der Waals surface area contributed by atoms with Crippen molar-refractivity contribution in [1.82, 2.24) is 25.3 Å². The molecule has 2 bridgehead atoms. The minimum absolute atomic E-state index is 0.0710. The maximum absolute atomic E-state index is 13.3. The van der Waals surface area contributed by atoms with Crippen LogP contribution >= 0.6 is 0 Å². The molecule has 3 aliphatic carbocycles. The number of nitrogens with zero attached hydrogens (tertiary/aromatic N) is 3. The number of carbonyl (C=O) groups is 2. The number of amides is 2. The van der Waals surface area contributed by atoms with Gasteiger partial charge in [0, 0.05) is 56.8 Å². The van der Waals surface area contributed by atoms with Gasteiger partial charge in [-0.1, -0.05) is 24.3 Å². The van der Waals surface area contributed by atoms with Crippen LogP contribution in [0.1, 0.15) is 60.0 Å². The highest BCUT2D eigenvalue weighted by molar-refractivity contribution is 5.94. The van der Waals surface area contributed by atoms with Crippen molar-refractivity contribution in [3.05, 3.63) is 65.2 Å². The Bertz CT molecular complexity index is 1190. The number of hydrogen-bond acceptors (Lipinski definition) is 6. The minimum atomic E-state index is 0.0710. The molecule has 0 spiro atoms. The lowest BCUT2D eigenvalue weighted by atomic mass is 9.78. The van der Waals surface area contributed by atoms with Gasteiger partial charge in [-0.15, -0.1) is 0 Å². The fourth-order valence-electron chi connectivity index (χ4n) is 7.50. The van der Waals surface area contributed by atoms with Crippen LogP contribution in [0.4, 0.5) is 0 Å². The Hall–Kier alpha value is -2.94. The fourth-order valence-corrected chi connectivity index (χ4v) is 7.50. The highest BCUT2D eigenvalue weighted by Gasteiger charge is 2.47. The molecular weight excluding hydrogens is 538 g/mol. The van der Waals surface area contributed by atoms with Crippen LogP contribution in [0, 0.1) is 17.8 Å². The summed E-state index contributed by atoms with van der Waals surface area (Å²) in [6.45, 7) is 8.80. The van der Waals surface area contributed by atoms with E-state index in [0.29, 0.717) is 23.8 Å². The number of piperazine rings is 1. The highest BCUT2D eigenvalue weighted by atomic mass is 16.5. The average Bonchev–Trinajstić information content (AvgIpc) is 3.69. The number of benzene rings is 2.